The molecule has 0 bridgehead atoms. The lowest BCUT2D eigenvalue weighted by Crippen LogP contribution is -2.34. The standard InChI is InChI=1S/C18H28N2O5S/c1-5-20(6-2)26(23,24)16-10-7-15(8-11-16)9-12-18(22)25-13-17(21)19-14(3)4/h7-8,10-11,14H,5-6,9,12-13H2,1-4H3,(H,19,21). The summed E-state index contributed by atoms with van der Waals surface area (Å²) >= 11 is 0. The van der Waals surface area contributed by atoms with E-state index in [1.807, 2.05) is 13.8 Å². The number of benzene rings is 1. The van der Waals surface area contributed by atoms with Gasteiger partial charge in [-0.3, -0.25) is 9.59 Å². The van der Waals surface area contributed by atoms with Crippen LogP contribution in [-0.4, -0.2) is 50.3 Å². The number of hydrogen-bond donors (Lipinski definition) is 1. The zero-order chi connectivity index (χ0) is 19.7. The Bertz CT molecular complexity index is 695. The van der Waals surface area contributed by atoms with E-state index in [2.05, 4.69) is 5.32 Å². The molecule has 0 saturated carbocycles. The van der Waals surface area contributed by atoms with Gasteiger partial charge in [0.25, 0.3) is 5.91 Å². The number of amides is 1. The molecule has 0 aliphatic heterocycles. The normalized spacial score (nSPS) is 11.6. The molecular weight excluding hydrogens is 356 g/mol. The Morgan fingerprint density at radius 1 is 1.12 bits per heavy atom. The van der Waals surface area contributed by atoms with Crippen LogP contribution in [0.4, 0.5) is 0 Å². The second kappa shape index (κ2) is 10.3. The van der Waals surface area contributed by atoms with Gasteiger partial charge >= 0.3 is 5.97 Å². The first-order valence-corrected chi connectivity index (χ1v) is 10.2. The third-order valence-electron chi connectivity index (χ3n) is 3.70. The van der Waals surface area contributed by atoms with E-state index in [0.717, 1.165) is 5.56 Å². The van der Waals surface area contributed by atoms with E-state index < -0.39 is 16.0 Å². The third kappa shape index (κ3) is 6.76. The van der Waals surface area contributed by atoms with Crippen LogP contribution in [0.25, 0.3) is 0 Å². The van der Waals surface area contributed by atoms with Crippen LogP contribution in [0.2, 0.25) is 0 Å². The van der Waals surface area contributed by atoms with E-state index in [0.29, 0.717) is 19.5 Å². The largest absolute Gasteiger partial charge is 0.456 e. The molecule has 0 aliphatic rings. The number of nitrogens with one attached hydrogen (secondary N) is 1. The maximum atomic E-state index is 12.4. The van der Waals surface area contributed by atoms with Crippen molar-refractivity contribution in [3.63, 3.8) is 0 Å². The van der Waals surface area contributed by atoms with Crippen LogP contribution >= 0.6 is 0 Å². The van der Waals surface area contributed by atoms with E-state index in [9.17, 15) is 18.0 Å². The van der Waals surface area contributed by atoms with Crippen molar-refractivity contribution in [1.29, 1.82) is 0 Å². The predicted molar refractivity (Wildman–Crippen MR) is 99.1 cm³/mol. The van der Waals surface area contributed by atoms with Crippen molar-refractivity contribution < 1.29 is 22.7 Å². The van der Waals surface area contributed by atoms with Gasteiger partial charge in [-0.2, -0.15) is 4.31 Å². The van der Waals surface area contributed by atoms with Crippen LogP contribution in [0.15, 0.2) is 29.2 Å². The summed E-state index contributed by atoms with van der Waals surface area (Å²) in [5.74, 6) is -0.803. The van der Waals surface area contributed by atoms with Crippen LogP contribution in [0, 0.1) is 0 Å². The molecule has 7 nitrogen and oxygen atoms in total. The van der Waals surface area contributed by atoms with Gasteiger partial charge < -0.3 is 10.1 Å². The SMILES string of the molecule is CCN(CC)S(=O)(=O)c1ccc(CCC(=O)OCC(=O)NC(C)C)cc1. The van der Waals surface area contributed by atoms with Gasteiger partial charge in [0.15, 0.2) is 6.61 Å². The fraction of sp³-hybridized carbons (Fsp3) is 0.556. The van der Waals surface area contributed by atoms with E-state index in [-0.39, 0.29) is 29.9 Å². The monoisotopic (exact) mass is 384 g/mol. The molecule has 0 spiro atoms. The smallest absolute Gasteiger partial charge is 0.306 e. The molecule has 0 aliphatic carbocycles. The summed E-state index contributed by atoms with van der Waals surface area (Å²) < 4.78 is 31.1. The Hall–Kier alpha value is -1.93. The Balaban J connectivity index is 2.55. The molecule has 0 radical (unpaired) electrons. The quantitative estimate of drug-likeness (QED) is 0.620. The van der Waals surface area contributed by atoms with Gasteiger partial charge in [0.2, 0.25) is 10.0 Å². The lowest BCUT2D eigenvalue weighted by Gasteiger charge is -2.18. The highest BCUT2D eigenvalue weighted by Gasteiger charge is 2.21. The Morgan fingerprint density at radius 3 is 2.19 bits per heavy atom. The van der Waals surface area contributed by atoms with Crippen molar-refractivity contribution in [2.24, 2.45) is 0 Å². The number of nitrogens with zero attached hydrogens (tertiary/aromatic N) is 1. The molecule has 1 rings (SSSR count). The summed E-state index contributed by atoms with van der Waals surface area (Å²) in [5, 5.41) is 2.63. The highest BCUT2D eigenvalue weighted by atomic mass is 32.2. The second-order valence-electron chi connectivity index (χ2n) is 6.12. The van der Waals surface area contributed by atoms with E-state index in [1.165, 1.54) is 4.31 Å². The number of hydrogen-bond acceptors (Lipinski definition) is 5. The maximum absolute atomic E-state index is 12.4. The van der Waals surface area contributed by atoms with Gasteiger partial charge in [-0.1, -0.05) is 26.0 Å². The summed E-state index contributed by atoms with van der Waals surface area (Å²) in [6.07, 6.45) is 0.535. The summed E-state index contributed by atoms with van der Waals surface area (Å²) in [6.45, 7) is 7.77. The summed E-state index contributed by atoms with van der Waals surface area (Å²) in [5.41, 5.74) is 0.826. The molecule has 0 atom stereocenters. The van der Waals surface area contributed by atoms with Crippen LogP contribution in [0.1, 0.15) is 39.7 Å². The number of rotatable bonds is 10. The minimum Gasteiger partial charge on any atom is -0.456 e. The first-order chi connectivity index (χ1) is 12.2. The molecule has 26 heavy (non-hydrogen) atoms. The van der Waals surface area contributed by atoms with Crippen molar-refractivity contribution in [2.75, 3.05) is 19.7 Å². The number of sulfonamides is 1. The van der Waals surface area contributed by atoms with E-state index in [4.69, 9.17) is 4.74 Å². The first kappa shape index (κ1) is 22.1. The van der Waals surface area contributed by atoms with Crippen molar-refractivity contribution >= 4 is 21.9 Å². The summed E-state index contributed by atoms with van der Waals surface area (Å²) in [4.78, 5) is 23.3. The Labute approximate surface area is 155 Å². The molecule has 0 aromatic heterocycles. The molecule has 146 valence electrons. The summed E-state index contributed by atoms with van der Waals surface area (Å²) in [6, 6.07) is 6.46. The Morgan fingerprint density at radius 2 is 1.69 bits per heavy atom. The topological polar surface area (TPSA) is 92.8 Å². The average molecular weight is 384 g/mol. The zero-order valence-electron chi connectivity index (χ0n) is 15.8. The van der Waals surface area contributed by atoms with E-state index in [1.54, 1.807) is 38.1 Å². The van der Waals surface area contributed by atoms with Crippen LogP contribution in [0.3, 0.4) is 0 Å². The molecule has 0 saturated heterocycles. The fourth-order valence-electron chi connectivity index (χ4n) is 2.37. The molecule has 1 aromatic carbocycles. The van der Waals surface area contributed by atoms with Crippen molar-refractivity contribution in [1.82, 2.24) is 9.62 Å². The maximum Gasteiger partial charge on any atom is 0.306 e. The van der Waals surface area contributed by atoms with Crippen LogP contribution in [-0.2, 0) is 30.8 Å². The van der Waals surface area contributed by atoms with Gasteiger partial charge in [-0.15, -0.1) is 0 Å². The van der Waals surface area contributed by atoms with Gasteiger partial charge in [-0.25, -0.2) is 8.42 Å². The van der Waals surface area contributed by atoms with Crippen molar-refractivity contribution in [2.45, 2.75) is 51.5 Å². The summed E-state index contributed by atoms with van der Waals surface area (Å²) in [7, 11) is -3.48. The van der Waals surface area contributed by atoms with Gasteiger partial charge in [0, 0.05) is 25.6 Å². The predicted octanol–water partition coefficient (Wildman–Crippen LogP) is 1.72. The molecule has 8 heteroatoms. The minimum absolute atomic E-state index is 0.00710. The lowest BCUT2D eigenvalue weighted by molar-refractivity contribution is -0.148. The molecular formula is C18H28N2O5S. The number of esters is 1. The second-order valence-corrected chi connectivity index (χ2v) is 8.05. The van der Waals surface area contributed by atoms with Gasteiger partial charge in [-0.05, 0) is 38.0 Å². The van der Waals surface area contributed by atoms with Gasteiger partial charge in [0.05, 0.1) is 4.90 Å². The molecule has 0 heterocycles. The average Bonchev–Trinajstić information content (AvgIpc) is 2.58. The van der Waals surface area contributed by atoms with Crippen LogP contribution in [0.5, 0.6) is 0 Å². The molecule has 0 fully saturated rings. The number of ether oxygens (including phenoxy) is 1. The highest BCUT2D eigenvalue weighted by Crippen LogP contribution is 2.17. The fourth-order valence-corrected chi connectivity index (χ4v) is 3.83. The first-order valence-electron chi connectivity index (χ1n) is 8.74. The highest BCUT2D eigenvalue weighted by molar-refractivity contribution is 7.89. The number of carbonyl (C=O) groups is 2. The zero-order valence-corrected chi connectivity index (χ0v) is 16.6. The van der Waals surface area contributed by atoms with Crippen LogP contribution < -0.4 is 5.32 Å². The third-order valence-corrected chi connectivity index (χ3v) is 5.76. The van der Waals surface area contributed by atoms with Crippen molar-refractivity contribution in [3.8, 4) is 0 Å². The lowest BCUT2D eigenvalue weighted by atomic mass is 10.1. The number of carbonyl (C=O) groups excluding carboxylic acids is 2. The van der Waals surface area contributed by atoms with E-state index >= 15 is 0 Å². The number of aryl methyl sites for hydroxylation is 1. The Kier molecular flexibility index (Phi) is 8.74. The molecule has 1 aromatic rings. The molecule has 0 unspecified atom stereocenters. The molecule has 1 N–H and O–H groups in total. The van der Waals surface area contributed by atoms with Crippen molar-refractivity contribution in [3.05, 3.63) is 29.8 Å². The minimum atomic E-state index is -3.48. The molecule has 1 amide bonds. The van der Waals surface area contributed by atoms with Gasteiger partial charge in [0.1, 0.15) is 0 Å².